The normalized spacial score (nSPS) is 10.2. The number of benzene rings is 1. The number of rotatable bonds is 3. The van der Waals surface area contributed by atoms with Crippen molar-refractivity contribution in [3.8, 4) is 5.75 Å². The smallest absolute Gasteiger partial charge is 0.255 e. The minimum atomic E-state index is -0.126. The Hall–Kier alpha value is -2.36. The van der Waals surface area contributed by atoms with Gasteiger partial charge in [-0.05, 0) is 56.2 Å². The molecule has 0 unspecified atom stereocenters. The maximum absolute atomic E-state index is 12.3. The van der Waals surface area contributed by atoms with E-state index in [0.29, 0.717) is 5.56 Å². The van der Waals surface area contributed by atoms with Crippen LogP contribution in [0.2, 0.25) is 0 Å². The molecule has 0 fully saturated rings. The molecule has 2 rings (SSSR count). The second-order valence-electron chi connectivity index (χ2n) is 4.71. The minimum absolute atomic E-state index is 0.126. The van der Waals surface area contributed by atoms with E-state index in [1.54, 1.807) is 25.4 Å². The van der Waals surface area contributed by atoms with Gasteiger partial charge in [-0.3, -0.25) is 9.78 Å². The standard InChI is InChI=1S/C16H18N2O2/c1-10-9-13(7-8-17-10)18-16(19)14-5-6-15(20-4)12(3)11(14)2/h5-9H,1-4H3,(H,17,18,19). The van der Waals surface area contributed by atoms with Gasteiger partial charge in [0, 0.05) is 23.1 Å². The zero-order chi connectivity index (χ0) is 14.7. The molecule has 0 radical (unpaired) electrons. The lowest BCUT2D eigenvalue weighted by Gasteiger charge is -2.12. The van der Waals surface area contributed by atoms with Gasteiger partial charge < -0.3 is 10.1 Å². The van der Waals surface area contributed by atoms with Gasteiger partial charge in [-0.1, -0.05) is 0 Å². The van der Waals surface area contributed by atoms with Crippen LogP contribution in [0.15, 0.2) is 30.5 Å². The largest absolute Gasteiger partial charge is 0.496 e. The number of aromatic nitrogens is 1. The fraction of sp³-hybridized carbons (Fsp3) is 0.250. The Labute approximate surface area is 118 Å². The number of nitrogens with zero attached hydrogens (tertiary/aromatic N) is 1. The first-order valence-electron chi connectivity index (χ1n) is 6.41. The molecule has 20 heavy (non-hydrogen) atoms. The summed E-state index contributed by atoms with van der Waals surface area (Å²) in [6, 6.07) is 7.21. The second-order valence-corrected chi connectivity index (χ2v) is 4.71. The van der Waals surface area contributed by atoms with E-state index in [4.69, 9.17) is 4.74 Å². The summed E-state index contributed by atoms with van der Waals surface area (Å²) in [6.07, 6.45) is 1.68. The molecule has 0 aliphatic heterocycles. The Balaban J connectivity index is 2.28. The van der Waals surface area contributed by atoms with Crippen LogP contribution >= 0.6 is 0 Å². The van der Waals surface area contributed by atoms with E-state index < -0.39 is 0 Å². The van der Waals surface area contributed by atoms with Crippen LogP contribution in [0.4, 0.5) is 5.69 Å². The highest BCUT2D eigenvalue weighted by molar-refractivity contribution is 6.05. The number of amides is 1. The summed E-state index contributed by atoms with van der Waals surface area (Å²) in [7, 11) is 1.63. The molecule has 1 N–H and O–H groups in total. The van der Waals surface area contributed by atoms with Crippen LogP contribution in [-0.4, -0.2) is 18.0 Å². The molecule has 0 atom stereocenters. The summed E-state index contributed by atoms with van der Waals surface area (Å²) >= 11 is 0. The lowest BCUT2D eigenvalue weighted by molar-refractivity contribution is 0.102. The van der Waals surface area contributed by atoms with Crippen LogP contribution in [0.5, 0.6) is 5.75 Å². The van der Waals surface area contributed by atoms with Gasteiger partial charge in [0.1, 0.15) is 5.75 Å². The highest BCUT2D eigenvalue weighted by atomic mass is 16.5. The van der Waals surface area contributed by atoms with Gasteiger partial charge in [-0.2, -0.15) is 0 Å². The Kier molecular flexibility index (Phi) is 4.03. The van der Waals surface area contributed by atoms with Gasteiger partial charge in [0.25, 0.3) is 5.91 Å². The molecule has 1 amide bonds. The number of pyridine rings is 1. The molecule has 0 aliphatic carbocycles. The average Bonchev–Trinajstić information content (AvgIpc) is 2.41. The number of carbonyl (C=O) groups is 1. The molecule has 104 valence electrons. The predicted molar refractivity (Wildman–Crippen MR) is 79.4 cm³/mol. The Morgan fingerprint density at radius 1 is 1.15 bits per heavy atom. The monoisotopic (exact) mass is 270 g/mol. The lowest BCUT2D eigenvalue weighted by Crippen LogP contribution is -2.14. The second kappa shape index (κ2) is 5.74. The summed E-state index contributed by atoms with van der Waals surface area (Å²) < 4.78 is 5.25. The number of aryl methyl sites for hydroxylation is 1. The van der Waals surface area contributed by atoms with E-state index in [0.717, 1.165) is 28.3 Å². The van der Waals surface area contributed by atoms with Crippen molar-refractivity contribution in [1.82, 2.24) is 4.98 Å². The third-order valence-electron chi connectivity index (χ3n) is 3.36. The number of methoxy groups -OCH3 is 1. The SMILES string of the molecule is COc1ccc(C(=O)Nc2ccnc(C)c2)c(C)c1C. The zero-order valence-electron chi connectivity index (χ0n) is 12.2. The van der Waals surface area contributed by atoms with Crippen LogP contribution in [0, 0.1) is 20.8 Å². The third-order valence-corrected chi connectivity index (χ3v) is 3.36. The molecule has 1 aromatic heterocycles. The quantitative estimate of drug-likeness (QED) is 0.931. The van der Waals surface area contributed by atoms with Crippen molar-refractivity contribution in [2.75, 3.05) is 12.4 Å². The first-order chi connectivity index (χ1) is 9.52. The first kappa shape index (κ1) is 14.1. The van der Waals surface area contributed by atoms with Gasteiger partial charge in [0.2, 0.25) is 0 Å². The van der Waals surface area contributed by atoms with E-state index in [1.807, 2.05) is 32.9 Å². The Morgan fingerprint density at radius 3 is 2.55 bits per heavy atom. The highest BCUT2D eigenvalue weighted by Crippen LogP contribution is 2.24. The molecule has 0 aliphatic rings. The van der Waals surface area contributed by atoms with E-state index in [1.165, 1.54) is 0 Å². The van der Waals surface area contributed by atoms with Crippen molar-refractivity contribution < 1.29 is 9.53 Å². The highest BCUT2D eigenvalue weighted by Gasteiger charge is 2.13. The van der Waals surface area contributed by atoms with Crippen molar-refractivity contribution in [2.24, 2.45) is 0 Å². The maximum Gasteiger partial charge on any atom is 0.255 e. The van der Waals surface area contributed by atoms with Gasteiger partial charge in [0.05, 0.1) is 7.11 Å². The van der Waals surface area contributed by atoms with Gasteiger partial charge >= 0.3 is 0 Å². The number of carbonyl (C=O) groups excluding carboxylic acids is 1. The molecule has 1 heterocycles. The first-order valence-corrected chi connectivity index (χ1v) is 6.41. The van der Waals surface area contributed by atoms with Gasteiger partial charge in [-0.25, -0.2) is 0 Å². The number of hydrogen-bond acceptors (Lipinski definition) is 3. The van der Waals surface area contributed by atoms with Crippen LogP contribution in [0.25, 0.3) is 0 Å². The van der Waals surface area contributed by atoms with Crippen LogP contribution in [-0.2, 0) is 0 Å². The van der Waals surface area contributed by atoms with Crippen LogP contribution in [0.1, 0.15) is 27.2 Å². The van der Waals surface area contributed by atoms with E-state index in [-0.39, 0.29) is 5.91 Å². The number of ether oxygens (including phenoxy) is 1. The summed E-state index contributed by atoms with van der Waals surface area (Å²) in [5.74, 6) is 0.664. The number of anilines is 1. The third kappa shape index (κ3) is 2.79. The summed E-state index contributed by atoms with van der Waals surface area (Å²) in [5, 5.41) is 2.88. The van der Waals surface area contributed by atoms with E-state index in [9.17, 15) is 4.79 Å². The zero-order valence-corrected chi connectivity index (χ0v) is 12.2. The fourth-order valence-corrected chi connectivity index (χ4v) is 2.08. The van der Waals surface area contributed by atoms with Crippen molar-refractivity contribution in [2.45, 2.75) is 20.8 Å². The molecular weight excluding hydrogens is 252 g/mol. The van der Waals surface area contributed by atoms with E-state index in [2.05, 4.69) is 10.3 Å². The predicted octanol–water partition coefficient (Wildman–Crippen LogP) is 3.27. The molecule has 0 bridgehead atoms. The fourth-order valence-electron chi connectivity index (χ4n) is 2.08. The van der Waals surface area contributed by atoms with Crippen molar-refractivity contribution in [1.29, 1.82) is 0 Å². The molecule has 2 aromatic rings. The van der Waals surface area contributed by atoms with Gasteiger partial charge in [0.15, 0.2) is 0 Å². The van der Waals surface area contributed by atoms with E-state index >= 15 is 0 Å². The summed E-state index contributed by atoms with van der Waals surface area (Å²) in [6.45, 7) is 5.75. The molecule has 0 saturated heterocycles. The lowest BCUT2D eigenvalue weighted by atomic mass is 10.0. The molecule has 4 nitrogen and oxygen atoms in total. The van der Waals surface area contributed by atoms with Crippen molar-refractivity contribution in [3.05, 3.63) is 52.8 Å². The summed E-state index contributed by atoms with van der Waals surface area (Å²) in [5.41, 5.74) is 4.16. The Morgan fingerprint density at radius 2 is 1.90 bits per heavy atom. The molecule has 0 spiro atoms. The maximum atomic E-state index is 12.3. The number of nitrogens with one attached hydrogen (secondary N) is 1. The number of hydrogen-bond donors (Lipinski definition) is 1. The molecule has 1 aromatic carbocycles. The average molecular weight is 270 g/mol. The topological polar surface area (TPSA) is 51.2 Å². The summed E-state index contributed by atoms with van der Waals surface area (Å²) in [4.78, 5) is 16.4. The van der Waals surface area contributed by atoms with Crippen molar-refractivity contribution >= 4 is 11.6 Å². The molecule has 4 heteroatoms. The Bertz CT molecular complexity index is 651. The van der Waals surface area contributed by atoms with Crippen molar-refractivity contribution in [3.63, 3.8) is 0 Å². The van der Waals surface area contributed by atoms with Crippen LogP contribution in [0.3, 0.4) is 0 Å². The molecular formula is C16H18N2O2. The molecule has 0 saturated carbocycles. The van der Waals surface area contributed by atoms with Crippen LogP contribution < -0.4 is 10.1 Å². The minimum Gasteiger partial charge on any atom is -0.496 e. The van der Waals surface area contributed by atoms with Gasteiger partial charge in [-0.15, -0.1) is 0 Å².